The minimum absolute atomic E-state index is 0.372. The van der Waals surface area contributed by atoms with Gasteiger partial charge in [0.1, 0.15) is 0 Å². The van der Waals surface area contributed by atoms with E-state index in [1.807, 2.05) is 0 Å². The number of rotatable bonds is 10. The SMILES string of the molecule is C1CC1.CCCCCCCCCCCCO. The van der Waals surface area contributed by atoms with Gasteiger partial charge in [-0.15, -0.1) is 0 Å². The molecule has 1 rings (SSSR count). The molecule has 1 N–H and O–H groups in total. The van der Waals surface area contributed by atoms with Crippen LogP contribution in [0.2, 0.25) is 0 Å². The molecule has 0 atom stereocenters. The highest BCUT2D eigenvalue weighted by molar-refractivity contribution is 4.50. The summed E-state index contributed by atoms with van der Waals surface area (Å²) in [6, 6.07) is 0. The van der Waals surface area contributed by atoms with Crippen LogP contribution in [0.3, 0.4) is 0 Å². The Bertz CT molecular complexity index is 97.2. The van der Waals surface area contributed by atoms with Crippen LogP contribution in [0.1, 0.15) is 90.4 Å². The van der Waals surface area contributed by atoms with E-state index < -0.39 is 0 Å². The first kappa shape index (κ1) is 16.0. The predicted octanol–water partition coefficient (Wildman–Crippen LogP) is 5.07. The molecule has 98 valence electrons. The lowest BCUT2D eigenvalue weighted by molar-refractivity contribution is 0.282. The van der Waals surface area contributed by atoms with Gasteiger partial charge in [-0.1, -0.05) is 84.0 Å². The van der Waals surface area contributed by atoms with Gasteiger partial charge in [0.15, 0.2) is 0 Å². The molecule has 1 heteroatoms. The van der Waals surface area contributed by atoms with E-state index in [2.05, 4.69) is 6.92 Å². The Morgan fingerprint density at radius 3 is 1.31 bits per heavy atom. The van der Waals surface area contributed by atoms with E-state index in [1.165, 1.54) is 77.0 Å². The van der Waals surface area contributed by atoms with Crippen molar-refractivity contribution in [3.63, 3.8) is 0 Å². The van der Waals surface area contributed by atoms with Crippen LogP contribution in [0.4, 0.5) is 0 Å². The molecule has 16 heavy (non-hydrogen) atoms. The fraction of sp³-hybridized carbons (Fsp3) is 1.00. The standard InChI is InChI=1S/C12H26O.C3H6/c1-2-3-4-5-6-7-8-9-10-11-12-13;1-2-3-1/h13H,2-12H2,1H3;1-3H2. The monoisotopic (exact) mass is 228 g/mol. The normalized spacial score (nSPS) is 13.1. The Kier molecular flexibility index (Phi) is 14.9. The fourth-order valence-corrected chi connectivity index (χ4v) is 1.60. The van der Waals surface area contributed by atoms with Gasteiger partial charge < -0.3 is 5.11 Å². The van der Waals surface area contributed by atoms with Crippen molar-refractivity contribution in [2.45, 2.75) is 90.4 Å². The van der Waals surface area contributed by atoms with E-state index in [9.17, 15) is 0 Å². The Morgan fingerprint density at radius 1 is 0.625 bits per heavy atom. The molecular formula is C15H32O. The van der Waals surface area contributed by atoms with Gasteiger partial charge in [-0.25, -0.2) is 0 Å². The summed E-state index contributed by atoms with van der Waals surface area (Å²) in [4.78, 5) is 0. The van der Waals surface area contributed by atoms with Gasteiger partial charge in [-0.05, 0) is 6.42 Å². The summed E-state index contributed by atoms with van der Waals surface area (Å²) in [6.45, 7) is 2.63. The van der Waals surface area contributed by atoms with E-state index in [4.69, 9.17) is 5.11 Å². The maximum atomic E-state index is 8.57. The molecule has 0 aromatic rings. The van der Waals surface area contributed by atoms with Crippen molar-refractivity contribution < 1.29 is 5.11 Å². The lowest BCUT2D eigenvalue weighted by Crippen LogP contribution is -1.84. The Labute approximate surface area is 103 Å². The first-order valence-corrected chi connectivity index (χ1v) is 7.52. The number of hydrogen-bond donors (Lipinski definition) is 1. The molecule has 0 heterocycles. The topological polar surface area (TPSA) is 20.2 Å². The maximum Gasteiger partial charge on any atom is 0.0431 e. The van der Waals surface area contributed by atoms with Crippen molar-refractivity contribution in [2.75, 3.05) is 6.61 Å². The predicted molar refractivity (Wildman–Crippen MR) is 72.8 cm³/mol. The van der Waals surface area contributed by atoms with Crippen LogP contribution in [0.15, 0.2) is 0 Å². The average molecular weight is 228 g/mol. The highest BCUT2D eigenvalue weighted by atomic mass is 16.2. The van der Waals surface area contributed by atoms with Gasteiger partial charge in [0, 0.05) is 6.61 Å². The smallest absolute Gasteiger partial charge is 0.0431 e. The van der Waals surface area contributed by atoms with Crippen LogP contribution in [0.25, 0.3) is 0 Å². The second-order valence-electron chi connectivity index (χ2n) is 4.97. The zero-order valence-corrected chi connectivity index (χ0v) is 11.3. The lowest BCUT2D eigenvalue weighted by atomic mass is 10.1. The molecule has 0 unspecified atom stereocenters. The molecule has 0 aliphatic heterocycles. The third-order valence-corrected chi connectivity index (χ3v) is 2.87. The van der Waals surface area contributed by atoms with E-state index in [0.29, 0.717) is 6.61 Å². The minimum Gasteiger partial charge on any atom is -0.396 e. The molecule has 1 saturated carbocycles. The van der Waals surface area contributed by atoms with Crippen molar-refractivity contribution in [3.8, 4) is 0 Å². The number of aliphatic hydroxyl groups is 1. The maximum absolute atomic E-state index is 8.57. The van der Waals surface area contributed by atoms with Crippen molar-refractivity contribution >= 4 is 0 Å². The molecule has 1 fully saturated rings. The first-order chi connectivity index (χ1) is 7.91. The highest BCUT2D eigenvalue weighted by Crippen LogP contribution is 2.14. The van der Waals surface area contributed by atoms with Crippen molar-refractivity contribution in [1.29, 1.82) is 0 Å². The molecule has 0 aromatic heterocycles. The summed E-state index contributed by atoms with van der Waals surface area (Å²) in [6.07, 6.45) is 17.8. The molecule has 0 radical (unpaired) electrons. The van der Waals surface area contributed by atoms with E-state index in [-0.39, 0.29) is 0 Å². The zero-order chi connectivity index (χ0) is 11.9. The second kappa shape index (κ2) is 15.0. The van der Waals surface area contributed by atoms with Crippen molar-refractivity contribution in [3.05, 3.63) is 0 Å². The molecule has 0 aromatic carbocycles. The van der Waals surface area contributed by atoms with Gasteiger partial charge in [0.05, 0.1) is 0 Å². The van der Waals surface area contributed by atoms with E-state index in [1.54, 1.807) is 0 Å². The van der Waals surface area contributed by atoms with Gasteiger partial charge in [0.2, 0.25) is 0 Å². The summed E-state index contributed by atoms with van der Waals surface area (Å²) in [5, 5.41) is 8.57. The van der Waals surface area contributed by atoms with Gasteiger partial charge in [0.25, 0.3) is 0 Å². The van der Waals surface area contributed by atoms with Crippen LogP contribution in [-0.4, -0.2) is 11.7 Å². The van der Waals surface area contributed by atoms with E-state index >= 15 is 0 Å². The Hall–Kier alpha value is -0.0400. The van der Waals surface area contributed by atoms with Gasteiger partial charge in [-0.2, -0.15) is 0 Å². The largest absolute Gasteiger partial charge is 0.396 e. The molecule has 1 aliphatic rings. The average Bonchev–Trinajstić information content (AvgIpc) is 3.14. The summed E-state index contributed by atoms with van der Waals surface area (Å²) >= 11 is 0. The summed E-state index contributed by atoms with van der Waals surface area (Å²) in [5.41, 5.74) is 0. The molecule has 0 saturated heterocycles. The quantitative estimate of drug-likeness (QED) is 0.518. The van der Waals surface area contributed by atoms with Crippen molar-refractivity contribution in [1.82, 2.24) is 0 Å². The Morgan fingerprint density at radius 2 is 1.00 bits per heavy atom. The molecule has 1 aliphatic carbocycles. The van der Waals surface area contributed by atoms with Gasteiger partial charge >= 0.3 is 0 Å². The summed E-state index contributed by atoms with van der Waals surface area (Å²) in [7, 11) is 0. The van der Waals surface area contributed by atoms with Crippen LogP contribution >= 0.6 is 0 Å². The lowest BCUT2D eigenvalue weighted by Gasteiger charge is -2.00. The molecule has 0 amide bonds. The van der Waals surface area contributed by atoms with Gasteiger partial charge in [-0.3, -0.25) is 0 Å². The van der Waals surface area contributed by atoms with Crippen molar-refractivity contribution in [2.24, 2.45) is 0 Å². The fourth-order valence-electron chi connectivity index (χ4n) is 1.60. The molecule has 0 bridgehead atoms. The zero-order valence-electron chi connectivity index (χ0n) is 11.3. The summed E-state index contributed by atoms with van der Waals surface area (Å²) in [5.74, 6) is 0. The third kappa shape index (κ3) is 19.5. The molecule has 1 nitrogen and oxygen atoms in total. The molecule has 0 spiro atoms. The third-order valence-electron chi connectivity index (χ3n) is 2.87. The van der Waals surface area contributed by atoms with Crippen LogP contribution in [0, 0.1) is 0 Å². The van der Waals surface area contributed by atoms with Crippen LogP contribution in [0.5, 0.6) is 0 Å². The molecular weight excluding hydrogens is 196 g/mol. The van der Waals surface area contributed by atoms with Crippen LogP contribution in [-0.2, 0) is 0 Å². The number of unbranched alkanes of at least 4 members (excludes halogenated alkanes) is 9. The van der Waals surface area contributed by atoms with E-state index in [0.717, 1.165) is 6.42 Å². The minimum atomic E-state index is 0.372. The first-order valence-electron chi connectivity index (χ1n) is 7.52. The second-order valence-corrected chi connectivity index (χ2v) is 4.97. The number of aliphatic hydroxyl groups excluding tert-OH is 1. The number of hydrogen-bond acceptors (Lipinski definition) is 1. The van der Waals surface area contributed by atoms with Crippen LogP contribution < -0.4 is 0 Å². The Balaban J connectivity index is 0.000000635. The summed E-state index contributed by atoms with van der Waals surface area (Å²) < 4.78 is 0. The highest BCUT2D eigenvalue weighted by Gasteiger charge is 1.95.